The lowest BCUT2D eigenvalue weighted by atomic mass is 9.86. The van der Waals surface area contributed by atoms with E-state index in [-0.39, 0.29) is 5.41 Å². The molecule has 0 aromatic carbocycles. The number of alkyl halides is 2. The Morgan fingerprint density at radius 2 is 1.50 bits per heavy atom. The fraction of sp³-hybridized carbons (Fsp3) is 0.700. The van der Waals surface area contributed by atoms with Crippen LogP contribution in [-0.2, 0) is 4.79 Å². The van der Waals surface area contributed by atoms with Gasteiger partial charge in [0.25, 0.3) is 0 Å². The van der Waals surface area contributed by atoms with E-state index in [9.17, 15) is 4.79 Å². The molecule has 0 aromatic rings. The van der Waals surface area contributed by atoms with Crippen molar-refractivity contribution < 1.29 is 9.90 Å². The third kappa shape index (κ3) is 2.83. The van der Waals surface area contributed by atoms with E-state index in [0.717, 1.165) is 5.57 Å². The van der Waals surface area contributed by atoms with Crippen LogP contribution in [0, 0.1) is 5.41 Å². The Hall–Kier alpha value is 0.170. The van der Waals surface area contributed by atoms with E-state index in [1.54, 1.807) is 6.92 Å². The summed E-state index contributed by atoms with van der Waals surface area (Å²) >= 11 is 7.06. The van der Waals surface area contributed by atoms with E-state index < -0.39 is 9.20 Å². The molecule has 0 unspecified atom stereocenters. The van der Waals surface area contributed by atoms with Crippen molar-refractivity contribution in [3.63, 3.8) is 0 Å². The Bertz CT molecular complexity index is 272. The fourth-order valence-electron chi connectivity index (χ4n) is 0.958. The highest BCUT2D eigenvalue weighted by Gasteiger charge is 2.40. The minimum absolute atomic E-state index is 0.103. The Labute approximate surface area is 102 Å². The zero-order chi connectivity index (χ0) is 11.7. The van der Waals surface area contributed by atoms with Gasteiger partial charge in [0, 0.05) is 5.57 Å². The topological polar surface area (TPSA) is 37.3 Å². The molecular weight excluding hydrogens is 312 g/mol. The molecule has 0 aliphatic rings. The average Bonchev–Trinajstić information content (AvgIpc) is 1.99. The highest BCUT2D eigenvalue weighted by molar-refractivity contribution is 9.25. The van der Waals surface area contributed by atoms with Crippen LogP contribution in [0.5, 0.6) is 0 Å². The van der Waals surface area contributed by atoms with Crippen LogP contribution in [0.4, 0.5) is 0 Å². The lowest BCUT2D eigenvalue weighted by molar-refractivity contribution is -0.132. The maximum Gasteiger partial charge on any atom is 0.331 e. The van der Waals surface area contributed by atoms with Gasteiger partial charge in [-0.2, -0.15) is 0 Å². The first-order chi connectivity index (χ1) is 6.01. The van der Waals surface area contributed by atoms with Gasteiger partial charge in [0.05, 0.1) is 0 Å². The zero-order valence-electron chi connectivity index (χ0n) is 9.11. The Balaban J connectivity index is 5.33. The average molecular weight is 328 g/mol. The summed E-state index contributed by atoms with van der Waals surface area (Å²) in [6.07, 6.45) is 0. The van der Waals surface area contributed by atoms with Crippen LogP contribution < -0.4 is 0 Å². The number of carbonyl (C=O) groups is 1. The van der Waals surface area contributed by atoms with Gasteiger partial charge in [0.2, 0.25) is 0 Å². The Kier molecular flexibility index (Phi) is 4.41. The molecule has 0 aliphatic heterocycles. The second-order valence-electron chi connectivity index (χ2n) is 4.38. The van der Waals surface area contributed by atoms with Gasteiger partial charge in [-0.1, -0.05) is 52.6 Å². The van der Waals surface area contributed by atoms with Crippen LogP contribution >= 0.6 is 31.9 Å². The van der Waals surface area contributed by atoms with Crippen LogP contribution in [0.15, 0.2) is 11.1 Å². The second kappa shape index (κ2) is 4.35. The van der Waals surface area contributed by atoms with Gasteiger partial charge in [-0.3, -0.25) is 0 Å². The highest BCUT2D eigenvalue weighted by atomic mass is 79.9. The number of hydrogen-bond donors (Lipinski definition) is 1. The minimum atomic E-state index is -0.880. The molecule has 0 heterocycles. The molecule has 0 radical (unpaired) electrons. The fourth-order valence-corrected chi connectivity index (χ4v) is 1.55. The van der Waals surface area contributed by atoms with Gasteiger partial charge < -0.3 is 5.11 Å². The first-order valence-electron chi connectivity index (χ1n) is 4.31. The predicted octanol–water partition coefficient (Wildman–Crippen LogP) is 3.94. The van der Waals surface area contributed by atoms with Gasteiger partial charge in [0.1, 0.15) is 3.23 Å². The lowest BCUT2D eigenvalue weighted by Gasteiger charge is -2.36. The predicted molar refractivity (Wildman–Crippen MR) is 66.0 cm³/mol. The molecule has 1 N–H and O–H groups in total. The molecule has 0 aromatic heterocycles. The molecule has 14 heavy (non-hydrogen) atoms. The van der Waals surface area contributed by atoms with Gasteiger partial charge in [-0.25, -0.2) is 4.79 Å². The standard InChI is InChI=1S/C10H16Br2O2/c1-6(8(13)14)7(2)10(11,12)9(3,4)5/h1-5H3,(H,13,14). The van der Waals surface area contributed by atoms with Crippen molar-refractivity contribution in [1.29, 1.82) is 0 Å². The summed E-state index contributed by atoms with van der Waals surface area (Å²) in [4.78, 5) is 10.8. The molecule has 0 atom stereocenters. The van der Waals surface area contributed by atoms with Crippen molar-refractivity contribution in [2.75, 3.05) is 0 Å². The smallest absolute Gasteiger partial charge is 0.331 e. The molecule has 4 heteroatoms. The molecule has 0 amide bonds. The molecule has 0 spiro atoms. The second-order valence-corrected chi connectivity index (χ2v) is 7.82. The monoisotopic (exact) mass is 326 g/mol. The van der Waals surface area contributed by atoms with E-state index in [1.165, 1.54) is 0 Å². The summed E-state index contributed by atoms with van der Waals surface area (Å²) in [7, 11) is 0. The number of carboxylic acid groups (broad SMARTS) is 1. The molecule has 0 bridgehead atoms. The lowest BCUT2D eigenvalue weighted by Crippen LogP contribution is -2.32. The Morgan fingerprint density at radius 1 is 1.14 bits per heavy atom. The molecule has 0 aliphatic carbocycles. The van der Waals surface area contributed by atoms with E-state index in [2.05, 4.69) is 31.9 Å². The number of hydrogen-bond acceptors (Lipinski definition) is 1. The number of rotatable bonds is 2. The third-order valence-corrected chi connectivity index (χ3v) is 5.86. The summed E-state index contributed by atoms with van der Waals surface area (Å²) in [5.74, 6) is -0.880. The SMILES string of the molecule is CC(C(=O)O)=C(C)C(Br)(Br)C(C)(C)C. The maximum atomic E-state index is 10.8. The summed E-state index contributed by atoms with van der Waals surface area (Å²) in [5, 5.41) is 8.88. The van der Waals surface area contributed by atoms with Crippen molar-refractivity contribution in [2.24, 2.45) is 5.41 Å². The zero-order valence-corrected chi connectivity index (χ0v) is 12.3. The van der Waals surface area contributed by atoms with Gasteiger partial charge in [-0.05, 0) is 24.8 Å². The molecule has 0 fully saturated rings. The molecule has 0 rings (SSSR count). The Morgan fingerprint density at radius 3 is 1.71 bits per heavy atom. The van der Waals surface area contributed by atoms with Crippen LogP contribution in [0.3, 0.4) is 0 Å². The normalized spacial score (nSPS) is 15.1. The summed E-state index contributed by atoms with van der Waals surface area (Å²) in [6.45, 7) is 9.54. The summed E-state index contributed by atoms with van der Waals surface area (Å²) in [6, 6.07) is 0. The molecule has 0 saturated heterocycles. The van der Waals surface area contributed by atoms with Gasteiger partial charge in [-0.15, -0.1) is 0 Å². The first kappa shape index (κ1) is 14.2. The number of aliphatic carboxylic acids is 1. The van der Waals surface area contributed by atoms with E-state index >= 15 is 0 Å². The molecule has 82 valence electrons. The van der Waals surface area contributed by atoms with Crippen LogP contribution in [0.25, 0.3) is 0 Å². The van der Waals surface area contributed by atoms with Crippen LogP contribution in [0.2, 0.25) is 0 Å². The van der Waals surface area contributed by atoms with Gasteiger partial charge >= 0.3 is 5.97 Å². The summed E-state index contributed by atoms with van der Waals surface area (Å²) in [5.41, 5.74) is 1.06. The van der Waals surface area contributed by atoms with Crippen molar-refractivity contribution in [3.8, 4) is 0 Å². The molecule has 0 saturated carbocycles. The maximum absolute atomic E-state index is 10.8. The van der Waals surface area contributed by atoms with E-state index in [1.807, 2.05) is 27.7 Å². The molecular formula is C10H16Br2O2. The third-order valence-electron chi connectivity index (χ3n) is 2.30. The highest BCUT2D eigenvalue weighted by Crippen LogP contribution is 2.49. The molecule has 2 nitrogen and oxygen atoms in total. The van der Waals surface area contributed by atoms with Crippen LogP contribution in [0.1, 0.15) is 34.6 Å². The van der Waals surface area contributed by atoms with Crippen molar-refractivity contribution in [3.05, 3.63) is 11.1 Å². The number of allylic oxidation sites excluding steroid dienone is 1. The summed E-state index contributed by atoms with van der Waals surface area (Å²) < 4.78 is -0.477. The largest absolute Gasteiger partial charge is 0.478 e. The van der Waals surface area contributed by atoms with Crippen molar-refractivity contribution in [1.82, 2.24) is 0 Å². The minimum Gasteiger partial charge on any atom is -0.478 e. The number of halogens is 2. The van der Waals surface area contributed by atoms with Crippen molar-refractivity contribution >= 4 is 37.8 Å². The van der Waals surface area contributed by atoms with E-state index in [4.69, 9.17) is 5.11 Å². The quantitative estimate of drug-likeness (QED) is 0.616. The number of carboxylic acids is 1. The first-order valence-corrected chi connectivity index (χ1v) is 5.89. The van der Waals surface area contributed by atoms with Crippen LogP contribution in [-0.4, -0.2) is 14.3 Å². The van der Waals surface area contributed by atoms with Gasteiger partial charge in [0.15, 0.2) is 0 Å². The van der Waals surface area contributed by atoms with E-state index in [0.29, 0.717) is 5.57 Å². The van der Waals surface area contributed by atoms with Crippen molar-refractivity contribution in [2.45, 2.75) is 37.9 Å².